The second-order valence-electron chi connectivity index (χ2n) is 6.23. The van der Waals surface area contributed by atoms with Crippen LogP contribution in [0.15, 0.2) is 28.1 Å². The molecule has 1 aliphatic rings. The van der Waals surface area contributed by atoms with Gasteiger partial charge in [-0.15, -0.1) is 24.0 Å². The van der Waals surface area contributed by atoms with E-state index in [4.69, 9.17) is 0 Å². The van der Waals surface area contributed by atoms with Gasteiger partial charge < -0.3 is 10.6 Å². The molecule has 0 spiro atoms. The van der Waals surface area contributed by atoms with Crippen molar-refractivity contribution < 1.29 is 8.42 Å². The molecule has 1 saturated carbocycles. The topological polar surface area (TPSA) is 70.6 Å². The third kappa shape index (κ3) is 6.96. The van der Waals surface area contributed by atoms with Gasteiger partial charge in [0.25, 0.3) is 0 Å². The van der Waals surface area contributed by atoms with Crippen LogP contribution in [0.4, 0.5) is 0 Å². The highest BCUT2D eigenvalue weighted by Crippen LogP contribution is 2.31. The molecule has 2 rings (SSSR count). The van der Waals surface area contributed by atoms with Crippen molar-refractivity contribution in [1.82, 2.24) is 10.6 Å². The zero-order chi connectivity index (χ0) is 16.9. The van der Waals surface area contributed by atoms with E-state index in [0.717, 1.165) is 36.1 Å². The Morgan fingerprint density at radius 3 is 2.54 bits per heavy atom. The summed E-state index contributed by atoms with van der Waals surface area (Å²) in [4.78, 5) is 4.97. The predicted molar refractivity (Wildman–Crippen MR) is 110 cm³/mol. The third-order valence-corrected chi connectivity index (χ3v) is 5.20. The summed E-state index contributed by atoms with van der Waals surface area (Å²) in [5.41, 5.74) is 1.78. The number of halogens is 1. The quantitative estimate of drug-likeness (QED) is 0.369. The summed E-state index contributed by atoms with van der Waals surface area (Å²) in [6.45, 7) is 6.17. The first-order chi connectivity index (χ1) is 10.9. The maximum absolute atomic E-state index is 11.6. The van der Waals surface area contributed by atoms with Gasteiger partial charge in [-0.1, -0.05) is 25.0 Å². The molecule has 7 heteroatoms. The third-order valence-electron chi connectivity index (χ3n) is 3.94. The summed E-state index contributed by atoms with van der Waals surface area (Å²) < 4.78 is 23.3. The zero-order valence-corrected chi connectivity index (χ0v) is 17.8. The molecule has 1 aliphatic carbocycles. The minimum absolute atomic E-state index is 0. The minimum atomic E-state index is -3.16. The average Bonchev–Trinajstić information content (AvgIpc) is 3.27. The van der Waals surface area contributed by atoms with Gasteiger partial charge in [0.15, 0.2) is 15.8 Å². The smallest absolute Gasteiger partial charge is 0.191 e. The molecular weight excluding hydrogens is 437 g/mol. The maximum atomic E-state index is 11.6. The number of aryl methyl sites for hydroxylation is 1. The largest absolute Gasteiger partial charge is 0.357 e. The number of guanidine groups is 1. The van der Waals surface area contributed by atoms with Crippen LogP contribution in [0.3, 0.4) is 0 Å². The fourth-order valence-electron chi connectivity index (χ4n) is 2.54. The molecule has 24 heavy (non-hydrogen) atoms. The van der Waals surface area contributed by atoms with Crippen molar-refractivity contribution >= 4 is 39.8 Å². The van der Waals surface area contributed by atoms with Crippen LogP contribution in [0.25, 0.3) is 0 Å². The van der Waals surface area contributed by atoms with Gasteiger partial charge in [-0.3, -0.25) is 0 Å². The number of hydrogen-bond donors (Lipinski definition) is 2. The lowest BCUT2D eigenvalue weighted by atomic mass is 10.1. The van der Waals surface area contributed by atoms with Gasteiger partial charge in [0, 0.05) is 19.3 Å². The molecule has 1 aromatic carbocycles. The molecule has 0 heterocycles. The minimum Gasteiger partial charge on any atom is -0.357 e. The molecule has 1 aromatic rings. The van der Waals surface area contributed by atoms with Crippen molar-refractivity contribution in [1.29, 1.82) is 0 Å². The molecule has 2 N–H and O–H groups in total. The number of nitrogens with one attached hydrogen (secondary N) is 2. The van der Waals surface area contributed by atoms with Crippen LogP contribution >= 0.6 is 24.0 Å². The number of rotatable bonds is 7. The molecule has 5 nitrogen and oxygen atoms in total. The fourth-order valence-corrected chi connectivity index (χ4v) is 3.50. The first kappa shape index (κ1) is 21.2. The summed E-state index contributed by atoms with van der Waals surface area (Å²) in [6, 6.07) is 5.40. The van der Waals surface area contributed by atoms with Gasteiger partial charge in [-0.05, 0) is 43.4 Å². The van der Waals surface area contributed by atoms with Crippen LogP contribution < -0.4 is 10.6 Å². The number of sulfone groups is 1. The highest BCUT2D eigenvalue weighted by Gasteiger charge is 2.20. The van der Waals surface area contributed by atoms with Crippen LogP contribution in [0.1, 0.15) is 37.3 Å². The van der Waals surface area contributed by atoms with Gasteiger partial charge in [-0.25, -0.2) is 13.4 Å². The molecular formula is C17H28IN3O2S. The fraction of sp³-hybridized carbons (Fsp3) is 0.588. The van der Waals surface area contributed by atoms with Crippen molar-refractivity contribution in [3.63, 3.8) is 0 Å². The normalized spacial score (nSPS) is 14.9. The van der Waals surface area contributed by atoms with Crippen LogP contribution in [0.2, 0.25) is 0 Å². The van der Waals surface area contributed by atoms with Crippen molar-refractivity contribution in [3.8, 4) is 0 Å². The lowest BCUT2D eigenvalue weighted by Gasteiger charge is -2.11. The zero-order valence-electron chi connectivity index (χ0n) is 14.6. The Balaban J connectivity index is 0.00000288. The predicted octanol–water partition coefficient (Wildman–Crippen LogP) is 2.87. The summed E-state index contributed by atoms with van der Waals surface area (Å²) in [5, 5.41) is 6.60. The summed E-state index contributed by atoms with van der Waals surface area (Å²) >= 11 is 0. The number of nitrogens with zero attached hydrogens (tertiary/aromatic N) is 1. The summed E-state index contributed by atoms with van der Waals surface area (Å²) in [6.07, 6.45) is 5.16. The molecule has 0 atom stereocenters. The highest BCUT2D eigenvalue weighted by atomic mass is 127. The lowest BCUT2D eigenvalue weighted by molar-refractivity contribution is 0.601. The molecule has 0 amide bonds. The Labute approximate surface area is 162 Å². The average molecular weight is 465 g/mol. The highest BCUT2D eigenvalue weighted by molar-refractivity contribution is 14.0. The van der Waals surface area contributed by atoms with Gasteiger partial charge in [0.2, 0.25) is 0 Å². The summed E-state index contributed by atoms with van der Waals surface area (Å²) in [5.74, 6) is 1.72. The molecule has 0 unspecified atom stereocenters. The number of aliphatic imine (C=N–C) groups is 1. The lowest BCUT2D eigenvalue weighted by Crippen LogP contribution is -2.37. The van der Waals surface area contributed by atoms with E-state index in [1.165, 1.54) is 25.5 Å². The van der Waals surface area contributed by atoms with E-state index in [1.54, 1.807) is 6.07 Å². The first-order valence-electron chi connectivity index (χ1n) is 8.22. The van der Waals surface area contributed by atoms with Gasteiger partial charge >= 0.3 is 0 Å². The van der Waals surface area contributed by atoms with Crippen LogP contribution in [-0.2, 0) is 16.4 Å². The molecule has 0 aliphatic heterocycles. The molecule has 0 radical (unpaired) electrons. The van der Waals surface area contributed by atoms with E-state index in [2.05, 4.69) is 15.6 Å². The molecule has 0 aromatic heterocycles. The standard InChI is InChI=1S/C17H27N3O2S.HI/c1-4-18-17(19-10-9-14-5-6-14)20-12-15-7-8-16(13(2)11-15)23(3,21)22;/h7-8,11,14H,4-6,9-10,12H2,1-3H3,(H2,18,19,20);1H. The van der Waals surface area contributed by atoms with Crippen molar-refractivity contribution in [2.75, 3.05) is 19.3 Å². The Hall–Kier alpha value is -0.830. The van der Waals surface area contributed by atoms with Crippen LogP contribution in [0, 0.1) is 12.8 Å². The van der Waals surface area contributed by atoms with Crippen molar-refractivity contribution in [3.05, 3.63) is 29.3 Å². The van der Waals surface area contributed by atoms with E-state index in [9.17, 15) is 8.42 Å². The molecule has 0 bridgehead atoms. The molecule has 136 valence electrons. The second kappa shape index (κ2) is 9.60. The van der Waals surface area contributed by atoms with E-state index in [0.29, 0.717) is 11.4 Å². The van der Waals surface area contributed by atoms with Gasteiger partial charge in [-0.2, -0.15) is 0 Å². The Bertz CT molecular complexity index is 670. The van der Waals surface area contributed by atoms with Crippen molar-refractivity contribution in [2.45, 2.75) is 44.6 Å². The SMILES string of the molecule is CCNC(=NCc1ccc(S(C)(=O)=O)c(C)c1)NCCC1CC1.I. The molecule has 0 saturated heterocycles. The number of benzene rings is 1. The van der Waals surface area contributed by atoms with Crippen LogP contribution in [-0.4, -0.2) is 33.7 Å². The van der Waals surface area contributed by atoms with Crippen LogP contribution in [0.5, 0.6) is 0 Å². The summed E-state index contributed by atoms with van der Waals surface area (Å²) in [7, 11) is -3.16. The molecule has 1 fully saturated rings. The van der Waals surface area contributed by atoms with E-state index in [-0.39, 0.29) is 24.0 Å². The van der Waals surface area contributed by atoms with Crippen molar-refractivity contribution in [2.24, 2.45) is 10.9 Å². The van der Waals surface area contributed by atoms with E-state index in [1.807, 2.05) is 26.0 Å². The van der Waals surface area contributed by atoms with Gasteiger partial charge in [0.05, 0.1) is 11.4 Å². The monoisotopic (exact) mass is 465 g/mol. The Morgan fingerprint density at radius 1 is 1.29 bits per heavy atom. The van der Waals surface area contributed by atoms with E-state index < -0.39 is 9.84 Å². The number of hydrogen-bond acceptors (Lipinski definition) is 3. The first-order valence-corrected chi connectivity index (χ1v) is 10.1. The Morgan fingerprint density at radius 2 is 2.00 bits per heavy atom. The second-order valence-corrected chi connectivity index (χ2v) is 8.21. The van der Waals surface area contributed by atoms with E-state index >= 15 is 0 Å². The maximum Gasteiger partial charge on any atom is 0.191 e. The Kier molecular flexibility index (Phi) is 8.49. The van der Waals surface area contributed by atoms with Gasteiger partial charge in [0.1, 0.15) is 0 Å².